The first-order chi connectivity index (χ1) is 6.97. The molecule has 2 rings (SSSR count). The largest absolute Gasteiger partial charge is 0.268 e. The van der Waals surface area contributed by atoms with Crippen molar-refractivity contribution in [1.29, 1.82) is 0 Å². The molecule has 1 aromatic carbocycles. The minimum Gasteiger partial charge on any atom is -0.268 e. The van der Waals surface area contributed by atoms with E-state index in [0.29, 0.717) is 0 Å². The average molecular weight is 223 g/mol. The summed E-state index contributed by atoms with van der Waals surface area (Å²) in [6, 6.07) is 5.51. The van der Waals surface area contributed by atoms with Crippen molar-refractivity contribution in [3.63, 3.8) is 0 Å². The fourth-order valence-electron chi connectivity index (χ4n) is 1.60. The molecule has 5 heteroatoms. The third kappa shape index (κ3) is 2.02. The summed E-state index contributed by atoms with van der Waals surface area (Å²) in [5.41, 5.74) is 1.67. The Bertz CT molecular complexity index is 599. The van der Waals surface area contributed by atoms with Crippen LogP contribution >= 0.6 is 0 Å². The molecule has 0 N–H and O–H groups in total. The highest BCUT2D eigenvalue weighted by Gasteiger charge is 2.09. The summed E-state index contributed by atoms with van der Waals surface area (Å²) < 4.78 is 23.9. The summed E-state index contributed by atoms with van der Waals surface area (Å²) in [4.78, 5) is 0. The molecule has 0 fully saturated rings. The van der Waals surface area contributed by atoms with Gasteiger partial charge in [0.05, 0.1) is 23.7 Å². The molecule has 0 atom stereocenters. The van der Waals surface area contributed by atoms with Gasteiger partial charge >= 0.3 is 0 Å². The van der Waals surface area contributed by atoms with E-state index in [9.17, 15) is 8.42 Å². The first-order valence-corrected chi connectivity index (χ1v) is 6.25. The summed E-state index contributed by atoms with van der Waals surface area (Å²) >= 11 is 0. The molecule has 0 bridgehead atoms. The van der Waals surface area contributed by atoms with Gasteiger partial charge in [-0.2, -0.15) is 5.10 Å². The minimum absolute atomic E-state index is 0.0456. The number of sulfone groups is 1. The maximum absolute atomic E-state index is 11.1. The summed E-state index contributed by atoms with van der Waals surface area (Å²) in [7, 11) is -1.42. The van der Waals surface area contributed by atoms with Gasteiger partial charge in [-0.3, -0.25) is 4.68 Å². The number of fused-ring (bicyclic) bond motifs is 1. The second-order valence-corrected chi connectivity index (χ2v) is 5.28. The van der Waals surface area contributed by atoms with Gasteiger partial charge in [0.15, 0.2) is 9.84 Å². The van der Waals surface area contributed by atoms with Gasteiger partial charge in [0.25, 0.3) is 0 Å². The summed E-state index contributed by atoms with van der Waals surface area (Å²) in [6.45, 7) is 0. The topological polar surface area (TPSA) is 52.0 Å². The third-order valence-electron chi connectivity index (χ3n) is 2.26. The van der Waals surface area contributed by atoms with E-state index >= 15 is 0 Å². The molecule has 1 radical (unpaired) electrons. The highest BCUT2D eigenvalue weighted by Crippen LogP contribution is 2.19. The highest BCUT2D eigenvalue weighted by atomic mass is 32.2. The Morgan fingerprint density at radius 2 is 2.20 bits per heavy atom. The number of nitrogens with zero attached hydrogens (tertiary/aromatic N) is 2. The van der Waals surface area contributed by atoms with E-state index in [1.54, 1.807) is 16.9 Å². The van der Waals surface area contributed by atoms with Crippen LogP contribution in [0.25, 0.3) is 10.9 Å². The van der Waals surface area contributed by atoms with Gasteiger partial charge in [-0.15, -0.1) is 0 Å². The first kappa shape index (κ1) is 10.2. The molecule has 4 nitrogen and oxygen atoms in total. The summed E-state index contributed by atoms with van der Waals surface area (Å²) in [5.74, 6) is -0.0456. The predicted octanol–water partition coefficient (Wildman–Crippen LogP) is 1.28. The van der Waals surface area contributed by atoms with Gasteiger partial charge in [0.2, 0.25) is 0 Å². The molecule has 2 aromatic rings. The monoisotopic (exact) mass is 223 g/mol. The van der Waals surface area contributed by atoms with Crippen LogP contribution in [-0.4, -0.2) is 18.2 Å². The molecule has 0 spiro atoms. The highest BCUT2D eigenvalue weighted by molar-refractivity contribution is 7.91. The van der Waals surface area contributed by atoms with Gasteiger partial charge < -0.3 is 0 Å². The van der Waals surface area contributed by atoms with Gasteiger partial charge in [-0.1, -0.05) is 12.1 Å². The zero-order chi connectivity index (χ0) is 11.1. The Morgan fingerprint density at radius 3 is 2.87 bits per heavy atom. The number of rotatable bonds is 2. The minimum atomic E-state index is -3.25. The van der Waals surface area contributed by atoms with E-state index in [4.69, 9.17) is 0 Å². The Morgan fingerprint density at radius 1 is 1.47 bits per heavy atom. The molecule has 1 aromatic heterocycles. The Hall–Kier alpha value is -1.36. The fraction of sp³-hybridized carbons (Fsp3) is 0.200. The third-order valence-corrected chi connectivity index (χ3v) is 3.01. The maximum Gasteiger partial charge on any atom is 0.155 e. The van der Waals surface area contributed by atoms with Crippen molar-refractivity contribution in [1.82, 2.24) is 9.78 Å². The van der Waals surface area contributed by atoms with Gasteiger partial charge in [0.1, 0.15) is 0 Å². The molecule has 15 heavy (non-hydrogen) atoms. The molecular formula is C10H11N2O2S. The maximum atomic E-state index is 11.1. The number of hydrogen-bond acceptors (Lipinski definition) is 3. The number of hydrogen-bond donors (Lipinski definition) is 0. The van der Waals surface area contributed by atoms with Gasteiger partial charge in [0, 0.05) is 12.4 Å². The van der Waals surface area contributed by atoms with Crippen LogP contribution in [-0.2, 0) is 22.6 Å². The number of aryl methyl sites for hydroxylation is 1. The smallest absolute Gasteiger partial charge is 0.155 e. The van der Waals surface area contributed by atoms with Crippen molar-refractivity contribution >= 4 is 20.7 Å². The van der Waals surface area contributed by atoms with E-state index in [1.165, 1.54) is 0 Å². The lowest BCUT2D eigenvalue weighted by atomic mass is 10.1. The SMILES string of the molecule is [CH2]S(=O)(=O)Cc1cccc2c1cnn2C. The van der Waals surface area contributed by atoms with Crippen molar-refractivity contribution in [2.75, 3.05) is 0 Å². The standard InChI is InChI=1S/C10H11N2O2S/c1-12-10-5-3-4-8(7-15(2,13)14)9(10)6-11-12/h3-6H,2,7H2,1H3. The molecule has 79 valence electrons. The molecule has 0 unspecified atom stereocenters. The van der Waals surface area contributed by atoms with Crippen LogP contribution in [0.3, 0.4) is 0 Å². The second kappa shape index (κ2) is 3.34. The predicted molar refractivity (Wildman–Crippen MR) is 58.7 cm³/mol. The summed E-state index contributed by atoms with van der Waals surface area (Å²) in [6.07, 6.45) is 4.80. The first-order valence-electron chi connectivity index (χ1n) is 4.43. The van der Waals surface area contributed by atoms with Crippen LogP contribution in [0.2, 0.25) is 0 Å². The van der Waals surface area contributed by atoms with Crippen LogP contribution in [0, 0.1) is 6.26 Å². The molecule has 0 saturated carbocycles. The van der Waals surface area contributed by atoms with E-state index in [1.807, 2.05) is 19.2 Å². The van der Waals surface area contributed by atoms with Crippen LogP contribution in [0.15, 0.2) is 24.4 Å². The van der Waals surface area contributed by atoms with Crippen molar-refractivity contribution in [2.45, 2.75) is 5.75 Å². The van der Waals surface area contributed by atoms with Crippen molar-refractivity contribution in [2.24, 2.45) is 7.05 Å². The Balaban J connectivity index is 2.62. The molecule has 1 heterocycles. The Kier molecular flexibility index (Phi) is 2.26. The normalized spacial score (nSPS) is 12.1. The molecule has 0 aliphatic rings. The lowest BCUT2D eigenvalue weighted by Crippen LogP contribution is -1.98. The van der Waals surface area contributed by atoms with Gasteiger partial charge in [-0.25, -0.2) is 8.42 Å². The van der Waals surface area contributed by atoms with Gasteiger partial charge in [-0.05, 0) is 11.6 Å². The zero-order valence-electron chi connectivity index (χ0n) is 8.34. The molecule has 0 amide bonds. The number of aromatic nitrogens is 2. The lowest BCUT2D eigenvalue weighted by Gasteiger charge is -2.01. The average Bonchev–Trinajstić information content (AvgIpc) is 2.47. The summed E-state index contributed by atoms with van der Waals surface area (Å²) in [5, 5.41) is 4.96. The lowest BCUT2D eigenvalue weighted by molar-refractivity contribution is 0.604. The molecule has 0 aliphatic heterocycles. The van der Waals surface area contributed by atoms with Crippen LogP contribution in [0.4, 0.5) is 0 Å². The van der Waals surface area contributed by atoms with Crippen molar-refractivity contribution in [3.05, 3.63) is 36.2 Å². The Labute approximate surface area is 88.4 Å². The molecule has 0 saturated heterocycles. The molecule has 0 aliphatic carbocycles. The quantitative estimate of drug-likeness (QED) is 0.770. The van der Waals surface area contributed by atoms with E-state index in [2.05, 4.69) is 11.4 Å². The van der Waals surface area contributed by atoms with Crippen molar-refractivity contribution in [3.8, 4) is 0 Å². The van der Waals surface area contributed by atoms with Crippen LogP contribution in [0.5, 0.6) is 0 Å². The van der Waals surface area contributed by atoms with Crippen molar-refractivity contribution < 1.29 is 8.42 Å². The van der Waals surface area contributed by atoms with Crippen LogP contribution < -0.4 is 0 Å². The fourth-order valence-corrected chi connectivity index (χ4v) is 2.33. The van der Waals surface area contributed by atoms with E-state index in [-0.39, 0.29) is 5.75 Å². The number of benzene rings is 1. The zero-order valence-corrected chi connectivity index (χ0v) is 9.16. The van der Waals surface area contributed by atoms with E-state index in [0.717, 1.165) is 16.5 Å². The van der Waals surface area contributed by atoms with Crippen LogP contribution in [0.1, 0.15) is 5.56 Å². The molecular weight excluding hydrogens is 212 g/mol. The second-order valence-electron chi connectivity index (χ2n) is 3.51. The van der Waals surface area contributed by atoms with E-state index < -0.39 is 9.84 Å².